The van der Waals surface area contributed by atoms with E-state index in [-0.39, 0.29) is 24.0 Å². The monoisotopic (exact) mass is 308 g/mol. The van der Waals surface area contributed by atoms with E-state index in [0.29, 0.717) is 12.2 Å². The number of fused-ring (bicyclic) bond motifs is 1. The van der Waals surface area contributed by atoms with E-state index in [0.717, 1.165) is 37.2 Å². The molecule has 1 aliphatic heterocycles. The Balaban J connectivity index is 0.00000161. The summed E-state index contributed by atoms with van der Waals surface area (Å²) in [6.45, 7) is 4.58. The molecule has 1 unspecified atom stereocenters. The maximum absolute atomic E-state index is 12.1. The zero-order valence-corrected chi connectivity index (χ0v) is 13.0. The summed E-state index contributed by atoms with van der Waals surface area (Å²) in [4.78, 5) is 19.0. The molecule has 3 heterocycles. The van der Waals surface area contributed by atoms with Crippen molar-refractivity contribution in [3.05, 3.63) is 46.0 Å². The highest BCUT2D eigenvalue weighted by Crippen LogP contribution is 2.11. The van der Waals surface area contributed by atoms with Gasteiger partial charge in [0.25, 0.3) is 5.56 Å². The van der Waals surface area contributed by atoms with E-state index >= 15 is 0 Å². The number of rotatable bonds is 2. The number of hydrogen-bond acceptors (Lipinski definition) is 4. The van der Waals surface area contributed by atoms with Crippen LogP contribution in [-0.2, 0) is 6.54 Å². The van der Waals surface area contributed by atoms with Gasteiger partial charge in [-0.1, -0.05) is 6.07 Å². The van der Waals surface area contributed by atoms with E-state index < -0.39 is 0 Å². The van der Waals surface area contributed by atoms with E-state index in [2.05, 4.69) is 9.88 Å². The molecule has 2 aromatic rings. The van der Waals surface area contributed by atoms with Crippen molar-refractivity contribution in [1.82, 2.24) is 14.3 Å². The molecule has 114 valence electrons. The van der Waals surface area contributed by atoms with Gasteiger partial charge >= 0.3 is 0 Å². The van der Waals surface area contributed by atoms with Crippen molar-refractivity contribution in [2.45, 2.75) is 32.4 Å². The minimum atomic E-state index is -0.0185. The van der Waals surface area contributed by atoms with Gasteiger partial charge in [-0.3, -0.25) is 14.1 Å². The van der Waals surface area contributed by atoms with Crippen molar-refractivity contribution in [2.75, 3.05) is 13.1 Å². The molecular weight excluding hydrogens is 288 g/mol. The van der Waals surface area contributed by atoms with Gasteiger partial charge in [0.1, 0.15) is 5.65 Å². The van der Waals surface area contributed by atoms with E-state index in [1.165, 1.54) is 0 Å². The predicted molar refractivity (Wildman–Crippen MR) is 85.9 cm³/mol. The molecule has 1 saturated heterocycles. The average molecular weight is 309 g/mol. The second kappa shape index (κ2) is 6.56. The molecule has 5 nitrogen and oxygen atoms in total. The molecule has 0 radical (unpaired) electrons. The molecular formula is C15H21ClN4O. The lowest BCUT2D eigenvalue weighted by molar-refractivity contribution is 0.199. The van der Waals surface area contributed by atoms with Crippen LogP contribution >= 0.6 is 12.4 Å². The smallest absolute Gasteiger partial charge is 0.258 e. The third-order valence-corrected chi connectivity index (χ3v) is 3.79. The predicted octanol–water partition coefficient (Wildman–Crippen LogP) is 1.35. The highest BCUT2D eigenvalue weighted by atomic mass is 35.5. The fourth-order valence-corrected chi connectivity index (χ4v) is 2.80. The summed E-state index contributed by atoms with van der Waals surface area (Å²) in [5.41, 5.74) is 8.56. The number of nitrogens with two attached hydrogens (primary N) is 1. The molecule has 2 N–H and O–H groups in total. The Morgan fingerprint density at radius 2 is 2.24 bits per heavy atom. The standard InChI is InChI=1S/C15H20N4O.ClH/c1-11-4-5-14-17-13(7-15(20)19(14)8-11)10-18-6-2-3-12(16)9-18;/h4-5,7-8,12H,2-3,6,9-10,16H2,1H3;1H. The summed E-state index contributed by atoms with van der Waals surface area (Å²) in [5.74, 6) is 0. The highest BCUT2D eigenvalue weighted by Gasteiger charge is 2.17. The molecule has 21 heavy (non-hydrogen) atoms. The number of pyridine rings is 1. The van der Waals surface area contributed by atoms with E-state index in [1.807, 2.05) is 25.3 Å². The lowest BCUT2D eigenvalue weighted by Gasteiger charge is -2.30. The lowest BCUT2D eigenvalue weighted by atomic mass is 10.1. The molecule has 3 rings (SSSR count). The first-order valence-corrected chi connectivity index (χ1v) is 7.09. The summed E-state index contributed by atoms with van der Waals surface area (Å²) < 4.78 is 1.60. The summed E-state index contributed by atoms with van der Waals surface area (Å²) >= 11 is 0. The Morgan fingerprint density at radius 3 is 3.00 bits per heavy atom. The van der Waals surface area contributed by atoms with Gasteiger partial charge in [-0.15, -0.1) is 12.4 Å². The Hall–Kier alpha value is -1.43. The summed E-state index contributed by atoms with van der Waals surface area (Å²) in [6.07, 6.45) is 4.03. The van der Waals surface area contributed by atoms with E-state index in [9.17, 15) is 4.79 Å². The molecule has 1 atom stereocenters. The molecule has 2 aromatic heterocycles. The number of nitrogens with zero attached hydrogens (tertiary/aromatic N) is 3. The Kier molecular flexibility index (Phi) is 4.98. The zero-order chi connectivity index (χ0) is 14.1. The quantitative estimate of drug-likeness (QED) is 0.909. The van der Waals surface area contributed by atoms with Crippen LogP contribution < -0.4 is 11.3 Å². The summed E-state index contributed by atoms with van der Waals surface area (Å²) in [6, 6.07) is 5.74. The van der Waals surface area contributed by atoms with Crippen molar-refractivity contribution in [3.63, 3.8) is 0 Å². The Labute approximate surface area is 130 Å². The van der Waals surface area contributed by atoms with Gasteiger partial charge in [0.2, 0.25) is 0 Å². The second-order valence-corrected chi connectivity index (χ2v) is 5.66. The second-order valence-electron chi connectivity index (χ2n) is 5.66. The fourth-order valence-electron chi connectivity index (χ4n) is 2.80. The number of aryl methyl sites for hydroxylation is 1. The Bertz CT molecular complexity index is 685. The van der Waals surface area contributed by atoms with Crippen LogP contribution in [0.5, 0.6) is 0 Å². The van der Waals surface area contributed by atoms with Gasteiger partial charge in [-0.2, -0.15) is 0 Å². The number of piperidine rings is 1. The Morgan fingerprint density at radius 1 is 1.43 bits per heavy atom. The molecule has 0 amide bonds. The normalized spacial score (nSPS) is 19.4. The van der Waals surface area contributed by atoms with Gasteiger partial charge in [-0.05, 0) is 37.9 Å². The molecule has 0 saturated carbocycles. The largest absolute Gasteiger partial charge is 0.327 e. The van der Waals surface area contributed by atoms with Crippen LogP contribution in [0.2, 0.25) is 0 Å². The minimum Gasteiger partial charge on any atom is -0.327 e. The fraction of sp³-hybridized carbons (Fsp3) is 0.467. The molecule has 1 aliphatic rings. The van der Waals surface area contributed by atoms with Crippen LogP contribution in [0.1, 0.15) is 24.1 Å². The summed E-state index contributed by atoms with van der Waals surface area (Å²) in [7, 11) is 0. The van der Waals surface area contributed by atoms with Crippen LogP contribution in [0.15, 0.2) is 29.2 Å². The van der Waals surface area contributed by atoms with Crippen LogP contribution in [0.3, 0.4) is 0 Å². The molecule has 0 bridgehead atoms. The van der Waals surface area contributed by atoms with Crippen molar-refractivity contribution < 1.29 is 0 Å². The van der Waals surface area contributed by atoms with Crippen LogP contribution in [-0.4, -0.2) is 33.4 Å². The summed E-state index contributed by atoms with van der Waals surface area (Å²) in [5, 5.41) is 0. The average Bonchev–Trinajstić information content (AvgIpc) is 2.40. The van der Waals surface area contributed by atoms with Crippen molar-refractivity contribution in [3.8, 4) is 0 Å². The van der Waals surface area contributed by atoms with Crippen LogP contribution in [0, 0.1) is 6.92 Å². The SMILES string of the molecule is Cc1ccc2nc(CN3CCCC(N)C3)cc(=O)n2c1.Cl. The maximum Gasteiger partial charge on any atom is 0.258 e. The number of hydrogen-bond donors (Lipinski definition) is 1. The zero-order valence-electron chi connectivity index (χ0n) is 12.2. The lowest BCUT2D eigenvalue weighted by Crippen LogP contribution is -2.42. The number of aromatic nitrogens is 2. The van der Waals surface area contributed by atoms with E-state index in [1.54, 1.807) is 10.5 Å². The maximum atomic E-state index is 12.1. The minimum absolute atomic E-state index is 0. The third kappa shape index (κ3) is 3.61. The highest BCUT2D eigenvalue weighted by molar-refractivity contribution is 5.85. The van der Waals surface area contributed by atoms with Gasteiger partial charge in [0.05, 0.1) is 5.69 Å². The molecule has 6 heteroatoms. The topological polar surface area (TPSA) is 63.6 Å². The van der Waals surface area contributed by atoms with Gasteiger partial charge in [0, 0.05) is 31.4 Å². The number of halogens is 1. The van der Waals surface area contributed by atoms with Crippen molar-refractivity contribution in [2.24, 2.45) is 5.73 Å². The molecule has 1 fully saturated rings. The van der Waals surface area contributed by atoms with Gasteiger partial charge < -0.3 is 5.73 Å². The van der Waals surface area contributed by atoms with E-state index in [4.69, 9.17) is 5.73 Å². The first kappa shape index (κ1) is 15.9. The van der Waals surface area contributed by atoms with Crippen molar-refractivity contribution in [1.29, 1.82) is 0 Å². The first-order valence-electron chi connectivity index (χ1n) is 7.09. The van der Waals surface area contributed by atoms with Gasteiger partial charge in [0.15, 0.2) is 0 Å². The third-order valence-electron chi connectivity index (χ3n) is 3.79. The molecule has 0 aromatic carbocycles. The first-order chi connectivity index (χ1) is 9.61. The number of likely N-dealkylation sites (tertiary alicyclic amines) is 1. The van der Waals surface area contributed by atoms with Crippen LogP contribution in [0.4, 0.5) is 0 Å². The van der Waals surface area contributed by atoms with Gasteiger partial charge in [-0.25, -0.2) is 4.98 Å². The molecule has 0 aliphatic carbocycles. The van der Waals surface area contributed by atoms with Crippen molar-refractivity contribution >= 4 is 18.1 Å². The van der Waals surface area contributed by atoms with Crippen LogP contribution in [0.25, 0.3) is 5.65 Å². The molecule has 0 spiro atoms.